The van der Waals surface area contributed by atoms with Crippen LogP contribution in [0.2, 0.25) is 0 Å². The van der Waals surface area contributed by atoms with Crippen molar-refractivity contribution in [1.29, 1.82) is 0 Å². The third kappa shape index (κ3) is 2.20. The van der Waals surface area contributed by atoms with Gasteiger partial charge in [0.2, 0.25) is 0 Å². The molecule has 0 aromatic heterocycles. The fraction of sp³-hybridized carbons (Fsp3) is 0. The maximum absolute atomic E-state index is 10.8. The summed E-state index contributed by atoms with van der Waals surface area (Å²) in [6, 6.07) is 11.4. The van der Waals surface area contributed by atoms with Gasteiger partial charge >= 0.3 is 5.97 Å². The third-order valence-electron chi connectivity index (χ3n) is 2.48. The summed E-state index contributed by atoms with van der Waals surface area (Å²) in [6.07, 6.45) is 0. The van der Waals surface area contributed by atoms with Gasteiger partial charge in [-0.1, -0.05) is 18.2 Å². The first-order chi connectivity index (χ1) is 8.08. The van der Waals surface area contributed by atoms with Crippen molar-refractivity contribution in [3.05, 3.63) is 48.0 Å². The van der Waals surface area contributed by atoms with Crippen LogP contribution in [0.1, 0.15) is 10.4 Å². The van der Waals surface area contributed by atoms with Crippen molar-refractivity contribution in [3.63, 3.8) is 0 Å². The van der Waals surface area contributed by atoms with E-state index >= 15 is 0 Å². The molecule has 86 valence electrons. The summed E-state index contributed by atoms with van der Waals surface area (Å²) >= 11 is 0. The van der Waals surface area contributed by atoms with Crippen molar-refractivity contribution in [2.75, 3.05) is 5.73 Å². The zero-order valence-electron chi connectivity index (χ0n) is 8.92. The molecule has 0 aliphatic heterocycles. The normalized spacial score (nSPS) is 10.1. The van der Waals surface area contributed by atoms with Crippen LogP contribution in [0.15, 0.2) is 42.5 Å². The number of hydrogen-bond donors (Lipinski definition) is 3. The van der Waals surface area contributed by atoms with Crippen LogP contribution in [0.3, 0.4) is 0 Å². The van der Waals surface area contributed by atoms with Gasteiger partial charge in [0.25, 0.3) is 0 Å². The largest absolute Gasteiger partial charge is 0.508 e. The molecule has 17 heavy (non-hydrogen) atoms. The summed E-state index contributed by atoms with van der Waals surface area (Å²) in [5, 5.41) is 18.0. The topological polar surface area (TPSA) is 83.5 Å². The first-order valence-electron chi connectivity index (χ1n) is 5.00. The lowest BCUT2D eigenvalue weighted by Gasteiger charge is -2.05. The number of carboxylic acid groups (broad SMARTS) is 1. The SMILES string of the molecule is Nc1cc(-c2ccc(O)cc2)ccc1C(=O)O. The van der Waals surface area contributed by atoms with Crippen molar-refractivity contribution < 1.29 is 15.0 Å². The molecule has 4 N–H and O–H groups in total. The highest BCUT2D eigenvalue weighted by Gasteiger charge is 2.08. The molecule has 0 aliphatic carbocycles. The minimum Gasteiger partial charge on any atom is -0.508 e. The van der Waals surface area contributed by atoms with Gasteiger partial charge in [-0.2, -0.15) is 0 Å². The second kappa shape index (κ2) is 4.17. The van der Waals surface area contributed by atoms with Crippen LogP contribution in [-0.2, 0) is 0 Å². The Morgan fingerprint density at radius 2 is 1.59 bits per heavy atom. The van der Waals surface area contributed by atoms with E-state index in [1.165, 1.54) is 6.07 Å². The summed E-state index contributed by atoms with van der Waals surface area (Å²) in [7, 11) is 0. The Balaban J connectivity index is 2.44. The number of nitrogens with two attached hydrogens (primary N) is 1. The molecule has 2 aromatic carbocycles. The van der Waals surface area contributed by atoms with Gasteiger partial charge in [0, 0.05) is 5.69 Å². The summed E-state index contributed by atoms with van der Waals surface area (Å²) in [5.74, 6) is -0.858. The summed E-state index contributed by atoms with van der Waals surface area (Å²) in [6.45, 7) is 0. The Labute approximate surface area is 97.9 Å². The molecule has 0 heterocycles. The lowest BCUT2D eigenvalue weighted by atomic mass is 10.0. The predicted molar refractivity (Wildman–Crippen MR) is 64.9 cm³/mol. The van der Waals surface area contributed by atoms with E-state index < -0.39 is 5.97 Å². The molecule has 4 nitrogen and oxygen atoms in total. The number of aromatic hydroxyl groups is 1. The zero-order valence-corrected chi connectivity index (χ0v) is 8.92. The van der Waals surface area contributed by atoms with Gasteiger partial charge in [0.05, 0.1) is 5.56 Å². The standard InChI is InChI=1S/C13H11NO3/c14-12-7-9(3-6-11(12)13(16)17)8-1-4-10(15)5-2-8/h1-7,15H,14H2,(H,16,17). The monoisotopic (exact) mass is 229 g/mol. The van der Waals surface area contributed by atoms with Crippen LogP contribution in [-0.4, -0.2) is 16.2 Å². The fourth-order valence-corrected chi connectivity index (χ4v) is 1.59. The van der Waals surface area contributed by atoms with Gasteiger partial charge in [0.1, 0.15) is 5.75 Å². The smallest absolute Gasteiger partial charge is 0.337 e. The molecule has 0 bridgehead atoms. The molecule has 0 amide bonds. The molecule has 0 saturated heterocycles. The lowest BCUT2D eigenvalue weighted by molar-refractivity contribution is 0.0698. The average Bonchev–Trinajstić information content (AvgIpc) is 2.29. The van der Waals surface area contributed by atoms with Crippen LogP contribution < -0.4 is 5.73 Å². The van der Waals surface area contributed by atoms with Crippen LogP contribution >= 0.6 is 0 Å². The summed E-state index contributed by atoms with van der Waals surface area (Å²) in [4.78, 5) is 10.8. The number of carbonyl (C=O) groups is 1. The van der Waals surface area contributed by atoms with E-state index in [0.29, 0.717) is 0 Å². The van der Waals surface area contributed by atoms with Gasteiger partial charge in [-0.15, -0.1) is 0 Å². The minimum absolute atomic E-state index is 0.0903. The number of phenolic OH excluding ortho intramolecular Hbond substituents is 1. The fourth-order valence-electron chi connectivity index (χ4n) is 1.59. The molecule has 0 spiro atoms. The molecule has 0 saturated carbocycles. The Morgan fingerprint density at radius 3 is 2.12 bits per heavy atom. The molecule has 2 aromatic rings. The van der Waals surface area contributed by atoms with Gasteiger partial charge in [-0.25, -0.2) is 4.79 Å². The van der Waals surface area contributed by atoms with E-state index in [9.17, 15) is 9.90 Å². The number of nitrogen functional groups attached to an aromatic ring is 1. The maximum Gasteiger partial charge on any atom is 0.337 e. The predicted octanol–water partition coefficient (Wildman–Crippen LogP) is 2.34. The molecule has 0 radical (unpaired) electrons. The van der Waals surface area contributed by atoms with Crippen molar-refractivity contribution in [2.24, 2.45) is 0 Å². The van der Waals surface area contributed by atoms with Crippen molar-refractivity contribution in [3.8, 4) is 16.9 Å². The molecule has 0 aliphatic rings. The van der Waals surface area contributed by atoms with Crippen molar-refractivity contribution >= 4 is 11.7 Å². The van der Waals surface area contributed by atoms with E-state index in [4.69, 9.17) is 10.8 Å². The quantitative estimate of drug-likeness (QED) is 0.690. The molecule has 0 fully saturated rings. The number of rotatable bonds is 2. The van der Waals surface area contributed by atoms with Gasteiger partial charge in [-0.3, -0.25) is 0 Å². The Morgan fingerprint density at radius 1 is 1.00 bits per heavy atom. The van der Waals surface area contributed by atoms with Gasteiger partial charge < -0.3 is 15.9 Å². The van der Waals surface area contributed by atoms with Gasteiger partial charge in [-0.05, 0) is 35.4 Å². The Kier molecular flexibility index (Phi) is 2.70. The highest BCUT2D eigenvalue weighted by Crippen LogP contribution is 2.25. The Hall–Kier alpha value is -2.49. The molecular weight excluding hydrogens is 218 g/mol. The van der Waals surface area contributed by atoms with E-state index in [2.05, 4.69) is 0 Å². The van der Waals surface area contributed by atoms with Crippen LogP contribution in [0, 0.1) is 0 Å². The second-order valence-corrected chi connectivity index (χ2v) is 3.65. The van der Waals surface area contributed by atoms with E-state index in [0.717, 1.165) is 11.1 Å². The summed E-state index contributed by atoms with van der Waals surface area (Å²) in [5.41, 5.74) is 7.65. The highest BCUT2D eigenvalue weighted by molar-refractivity contribution is 5.94. The van der Waals surface area contributed by atoms with Crippen LogP contribution in [0.4, 0.5) is 5.69 Å². The number of anilines is 1. The Bertz CT molecular complexity index is 561. The average molecular weight is 229 g/mol. The number of carboxylic acids is 1. The molecule has 0 atom stereocenters. The number of benzene rings is 2. The summed E-state index contributed by atoms with van der Waals surface area (Å²) < 4.78 is 0. The zero-order chi connectivity index (χ0) is 12.4. The van der Waals surface area contributed by atoms with E-state index in [1.807, 2.05) is 0 Å². The highest BCUT2D eigenvalue weighted by atomic mass is 16.4. The first kappa shape index (κ1) is 11.0. The molecule has 4 heteroatoms. The van der Waals surface area contributed by atoms with Crippen molar-refractivity contribution in [1.82, 2.24) is 0 Å². The molecular formula is C13H11NO3. The van der Waals surface area contributed by atoms with E-state index in [1.54, 1.807) is 36.4 Å². The van der Waals surface area contributed by atoms with Crippen molar-refractivity contribution in [2.45, 2.75) is 0 Å². The van der Waals surface area contributed by atoms with Crippen LogP contribution in [0.5, 0.6) is 5.75 Å². The van der Waals surface area contributed by atoms with E-state index in [-0.39, 0.29) is 17.0 Å². The lowest BCUT2D eigenvalue weighted by Crippen LogP contribution is -2.01. The maximum atomic E-state index is 10.8. The second-order valence-electron chi connectivity index (χ2n) is 3.65. The number of hydrogen-bond acceptors (Lipinski definition) is 3. The minimum atomic E-state index is -1.04. The van der Waals surface area contributed by atoms with Gasteiger partial charge in [0.15, 0.2) is 0 Å². The number of aromatic carboxylic acids is 1. The number of phenols is 1. The van der Waals surface area contributed by atoms with Crippen LogP contribution in [0.25, 0.3) is 11.1 Å². The third-order valence-corrected chi connectivity index (χ3v) is 2.48. The molecule has 2 rings (SSSR count). The first-order valence-corrected chi connectivity index (χ1v) is 5.00. The molecule has 0 unspecified atom stereocenters.